The highest BCUT2D eigenvalue weighted by molar-refractivity contribution is 5.36. The number of benzene rings is 1. The van der Waals surface area contributed by atoms with E-state index in [1.165, 1.54) is 5.56 Å². The van der Waals surface area contributed by atoms with Gasteiger partial charge in [-0.05, 0) is 29.7 Å². The second-order valence-corrected chi connectivity index (χ2v) is 4.78. The highest BCUT2D eigenvalue weighted by atomic mass is 19.1. The summed E-state index contributed by atoms with van der Waals surface area (Å²) in [6.07, 6.45) is -0.822. The number of fused-ring (bicyclic) bond motifs is 1. The van der Waals surface area contributed by atoms with Crippen LogP contribution in [0.2, 0.25) is 0 Å². The number of halogens is 1. The summed E-state index contributed by atoms with van der Waals surface area (Å²) in [5.41, 5.74) is 3.28. The molecule has 0 fully saturated rings. The van der Waals surface area contributed by atoms with Gasteiger partial charge in [0, 0.05) is 13.1 Å². The zero-order valence-corrected chi connectivity index (χ0v) is 9.63. The van der Waals surface area contributed by atoms with Crippen LogP contribution in [0.15, 0.2) is 18.2 Å². The average molecular weight is 207 g/mol. The third-order valence-corrected chi connectivity index (χ3v) is 3.09. The Balaban J connectivity index is 2.39. The molecule has 0 saturated heterocycles. The maximum absolute atomic E-state index is 13.8. The molecule has 1 nitrogen and oxygen atoms in total. The number of likely N-dealkylation sites (N-methyl/N-ethyl adjacent to an activating group) is 1. The summed E-state index contributed by atoms with van der Waals surface area (Å²) < 4.78 is 13.8. The van der Waals surface area contributed by atoms with E-state index in [1.807, 2.05) is 18.0 Å². The molecule has 0 spiro atoms. The van der Waals surface area contributed by atoms with Crippen LogP contribution in [0, 0.1) is 0 Å². The number of alkyl halides is 1. The van der Waals surface area contributed by atoms with Crippen molar-refractivity contribution in [2.75, 3.05) is 13.6 Å². The van der Waals surface area contributed by atoms with Crippen LogP contribution in [0.1, 0.15) is 42.6 Å². The quantitative estimate of drug-likeness (QED) is 0.683. The van der Waals surface area contributed by atoms with Crippen LogP contribution >= 0.6 is 0 Å². The van der Waals surface area contributed by atoms with Crippen molar-refractivity contribution in [2.45, 2.75) is 32.5 Å². The fraction of sp³-hybridized carbons (Fsp3) is 0.538. The van der Waals surface area contributed by atoms with E-state index in [0.717, 1.165) is 17.7 Å². The highest BCUT2D eigenvalue weighted by Gasteiger charge is 2.23. The van der Waals surface area contributed by atoms with Gasteiger partial charge in [-0.1, -0.05) is 32.0 Å². The molecule has 0 bridgehead atoms. The van der Waals surface area contributed by atoms with Crippen LogP contribution in [0.5, 0.6) is 0 Å². The first kappa shape index (κ1) is 10.6. The molecule has 0 N–H and O–H groups in total. The number of rotatable bonds is 1. The van der Waals surface area contributed by atoms with E-state index in [-0.39, 0.29) is 0 Å². The minimum Gasteiger partial charge on any atom is -0.299 e. The van der Waals surface area contributed by atoms with Gasteiger partial charge < -0.3 is 0 Å². The lowest BCUT2D eigenvalue weighted by molar-refractivity contribution is 0.195. The smallest absolute Gasteiger partial charge is 0.138 e. The molecule has 1 unspecified atom stereocenters. The summed E-state index contributed by atoms with van der Waals surface area (Å²) in [5, 5.41) is 0. The molecular weight excluding hydrogens is 189 g/mol. The maximum Gasteiger partial charge on any atom is 0.138 e. The van der Waals surface area contributed by atoms with Gasteiger partial charge in [0.15, 0.2) is 0 Å². The monoisotopic (exact) mass is 207 g/mol. The molecule has 1 atom stereocenters. The van der Waals surface area contributed by atoms with E-state index in [4.69, 9.17) is 0 Å². The van der Waals surface area contributed by atoms with Crippen LogP contribution in [0.3, 0.4) is 0 Å². The largest absolute Gasteiger partial charge is 0.299 e. The Labute approximate surface area is 90.9 Å². The van der Waals surface area contributed by atoms with Crippen molar-refractivity contribution in [1.82, 2.24) is 4.90 Å². The van der Waals surface area contributed by atoms with Crippen molar-refractivity contribution < 1.29 is 4.39 Å². The lowest BCUT2D eigenvalue weighted by Gasteiger charge is -2.28. The molecule has 2 heteroatoms. The molecule has 82 valence electrons. The fourth-order valence-corrected chi connectivity index (χ4v) is 2.14. The zero-order valence-electron chi connectivity index (χ0n) is 9.63. The van der Waals surface area contributed by atoms with Crippen molar-refractivity contribution in [2.24, 2.45) is 0 Å². The number of nitrogens with zero attached hydrogens (tertiary/aromatic N) is 1. The summed E-state index contributed by atoms with van der Waals surface area (Å²) in [4.78, 5) is 2.03. The minimum absolute atomic E-state index is 0.474. The maximum atomic E-state index is 13.8. The molecule has 0 amide bonds. The summed E-state index contributed by atoms with van der Waals surface area (Å²) in [7, 11) is 1.96. The Hall–Kier alpha value is -0.890. The molecule has 1 heterocycles. The van der Waals surface area contributed by atoms with Crippen LogP contribution in [0.4, 0.5) is 4.39 Å². The highest BCUT2D eigenvalue weighted by Crippen LogP contribution is 2.31. The Kier molecular flexibility index (Phi) is 2.79. The Morgan fingerprint density at radius 3 is 2.80 bits per heavy atom. The van der Waals surface area contributed by atoms with E-state index in [2.05, 4.69) is 26.0 Å². The molecule has 0 aromatic heterocycles. The van der Waals surface area contributed by atoms with Crippen molar-refractivity contribution in [3.05, 3.63) is 34.9 Å². The van der Waals surface area contributed by atoms with E-state index in [0.29, 0.717) is 12.5 Å². The molecule has 0 saturated carbocycles. The molecule has 1 aliphatic heterocycles. The normalized spacial score (nSPS) is 21.8. The zero-order chi connectivity index (χ0) is 11.0. The van der Waals surface area contributed by atoms with Crippen LogP contribution < -0.4 is 0 Å². The SMILES string of the molecule is CC(C)c1ccc2c(c1)C(F)CN(C)C2. The molecule has 1 aromatic carbocycles. The van der Waals surface area contributed by atoms with Crippen molar-refractivity contribution in [3.8, 4) is 0 Å². The molecule has 2 rings (SSSR count). The second kappa shape index (κ2) is 3.93. The van der Waals surface area contributed by atoms with E-state index in [1.54, 1.807) is 0 Å². The Morgan fingerprint density at radius 1 is 1.40 bits per heavy atom. The Bertz CT molecular complexity index is 360. The third kappa shape index (κ3) is 2.05. The van der Waals surface area contributed by atoms with Crippen molar-refractivity contribution in [1.29, 1.82) is 0 Å². The predicted octanol–water partition coefficient (Wildman–Crippen LogP) is 3.27. The number of hydrogen-bond donors (Lipinski definition) is 0. The van der Waals surface area contributed by atoms with Crippen molar-refractivity contribution in [3.63, 3.8) is 0 Å². The second-order valence-electron chi connectivity index (χ2n) is 4.78. The summed E-state index contributed by atoms with van der Waals surface area (Å²) in [6, 6.07) is 6.24. The first-order valence-electron chi connectivity index (χ1n) is 5.53. The summed E-state index contributed by atoms with van der Waals surface area (Å²) in [6.45, 7) is 5.68. The van der Waals surface area contributed by atoms with E-state index >= 15 is 0 Å². The van der Waals surface area contributed by atoms with Gasteiger partial charge in [0.25, 0.3) is 0 Å². The van der Waals surface area contributed by atoms with Gasteiger partial charge in [-0.15, -0.1) is 0 Å². The fourth-order valence-electron chi connectivity index (χ4n) is 2.14. The minimum atomic E-state index is -0.822. The predicted molar refractivity (Wildman–Crippen MR) is 60.7 cm³/mol. The lowest BCUT2D eigenvalue weighted by Crippen LogP contribution is -2.28. The first-order chi connectivity index (χ1) is 7.08. The van der Waals surface area contributed by atoms with Gasteiger partial charge in [-0.3, -0.25) is 4.90 Å². The lowest BCUT2D eigenvalue weighted by atomic mass is 9.92. The van der Waals surface area contributed by atoms with Gasteiger partial charge in [-0.25, -0.2) is 4.39 Å². The van der Waals surface area contributed by atoms with Crippen LogP contribution in [-0.4, -0.2) is 18.5 Å². The standard InChI is InChI=1S/C13H18FN/c1-9(2)10-4-5-11-7-15(3)8-13(14)12(11)6-10/h4-6,9,13H,7-8H2,1-3H3. The van der Waals surface area contributed by atoms with Gasteiger partial charge in [-0.2, -0.15) is 0 Å². The Morgan fingerprint density at radius 2 is 2.13 bits per heavy atom. The molecule has 0 radical (unpaired) electrons. The van der Waals surface area contributed by atoms with Gasteiger partial charge in [0.2, 0.25) is 0 Å². The van der Waals surface area contributed by atoms with Crippen LogP contribution in [0.25, 0.3) is 0 Å². The molecule has 15 heavy (non-hydrogen) atoms. The van der Waals surface area contributed by atoms with Gasteiger partial charge in [0.05, 0.1) is 0 Å². The molecule has 1 aromatic rings. The first-order valence-corrected chi connectivity index (χ1v) is 5.53. The van der Waals surface area contributed by atoms with Crippen LogP contribution in [-0.2, 0) is 6.54 Å². The van der Waals surface area contributed by atoms with E-state index < -0.39 is 6.17 Å². The van der Waals surface area contributed by atoms with E-state index in [9.17, 15) is 4.39 Å². The van der Waals surface area contributed by atoms with Gasteiger partial charge >= 0.3 is 0 Å². The average Bonchev–Trinajstić information content (AvgIpc) is 2.16. The summed E-state index contributed by atoms with van der Waals surface area (Å²) in [5.74, 6) is 0.474. The molecule has 1 aliphatic rings. The summed E-state index contributed by atoms with van der Waals surface area (Å²) >= 11 is 0. The third-order valence-electron chi connectivity index (χ3n) is 3.09. The van der Waals surface area contributed by atoms with Crippen molar-refractivity contribution >= 4 is 0 Å². The van der Waals surface area contributed by atoms with Gasteiger partial charge in [0.1, 0.15) is 6.17 Å². The number of hydrogen-bond acceptors (Lipinski definition) is 1. The molecular formula is C13H18FN. The topological polar surface area (TPSA) is 3.24 Å². The molecule has 0 aliphatic carbocycles.